The fourth-order valence-electron chi connectivity index (χ4n) is 5.84. The Labute approximate surface area is 230 Å². The van der Waals surface area contributed by atoms with Gasteiger partial charge in [-0.1, -0.05) is 97.9 Å². The highest BCUT2D eigenvalue weighted by molar-refractivity contribution is 5.93. The third-order valence-corrected chi connectivity index (χ3v) is 7.74. The summed E-state index contributed by atoms with van der Waals surface area (Å²) >= 11 is 0. The van der Waals surface area contributed by atoms with Gasteiger partial charge in [0.2, 0.25) is 0 Å². The first-order valence-corrected chi connectivity index (χ1v) is 13.7. The van der Waals surface area contributed by atoms with Gasteiger partial charge >= 0.3 is 0 Å². The van der Waals surface area contributed by atoms with Crippen molar-refractivity contribution in [3.8, 4) is 16.8 Å². The van der Waals surface area contributed by atoms with Crippen LogP contribution in [0.25, 0.3) is 33.8 Å². The average Bonchev–Trinajstić information content (AvgIpc) is 3.32. The smallest absolute Gasteiger partial charge is 0.0537 e. The molecule has 0 spiro atoms. The van der Waals surface area contributed by atoms with Gasteiger partial charge in [-0.2, -0.15) is 0 Å². The fraction of sp³-hybridized carbons (Fsp3) is 0.0811. The number of rotatable bonds is 5. The highest BCUT2D eigenvalue weighted by Gasteiger charge is 2.21. The molecule has 1 unspecified atom stereocenters. The monoisotopic (exact) mass is 502 g/mol. The number of fused-ring (bicyclic) bond motifs is 3. The van der Waals surface area contributed by atoms with Crippen LogP contribution >= 0.6 is 0 Å². The van der Waals surface area contributed by atoms with Crippen LogP contribution in [0.5, 0.6) is 0 Å². The molecule has 39 heavy (non-hydrogen) atoms. The molecule has 0 saturated carbocycles. The molecule has 1 aliphatic rings. The Balaban J connectivity index is 1.23. The Hall–Kier alpha value is -4.82. The second-order valence-corrected chi connectivity index (χ2v) is 10.4. The van der Waals surface area contributed by atoms with Gasteiger partial charge in [0.05, 0.1) is 5.52 Å². The summed E-state index contributed by atoms with van der Waals surface area (Å²) in [6.45, 7) is 2.30. The maximum absolute atomic E-state index is 2.45. The van der Waals surface area contributed by atoms with E-state index >= 15 is 0 Å². The molecule has 2 nitrogen and oxygen atoms in total. The minimum atomic E-state index is 0.546. The van der Waals surface area contributed by atoms with E-state index in [2.05, 4.69) is 162 Å². The van der Waals surface area contributed by atoms with Gasteiger partial charge in [0.1, 0.15) is 0 Å². The van der Waals surface area contributed by atoms with Crippen LogP contribution < -0.4 is 4.90 Å². The van der Waals surface area contributed by atoms with Gasteiger partial charge in [0, 0.05) is 39.4 Å². The summed E-state index contributed by atoms with van der Waals surface area (Å²) < 4.78 is 2.45. The van der Waals surface area contributed by atoms with E-state index in [1.54, 1.807) is 0 Å². The molecule has 0 amide bonds. The lowest BCUT2D eigenvalue weighted by Crippen LogP contribution is -2.09. The predicted molar refractivity (Wildman–Crippen MR) is 165 cm³/mol. The van der Waals surface area contributed by atoms with Crippen LogP contribution in [0.4, 0.5) is 17.1 Å². The van der Waals surface area contributed by atoms with E-state index in [0.717, 1.165) is 23.5 Å². The molecule has 5 aromatic carbocycles. The van der Waals surface area contributed by atoms with Gasteiger partial charge in [-0.3, -0.25) is 0 Å². The number of aromatic nitrogens is 1. The van der Waals surface area contributed by atoms with Gasteiger partial charge < -0.3 is 9.47 Å². The van der Waals surface area contributed by atoms with Crippen LogP contribution in [-0.2, 0) is 6.42 Å². The van der Waals surface area contributed by atoms with Crippen molar-refractivity contribution in [3.05, 3.63) is 151 Å². The first-order valence-electron chi connectivity index (χ1n) is 13.7. The molecule has 0 saturated heterocycles. The van der Waals surface area contributed by atoms with Gasteiger partial charge in [-0.25, -0.2) is 0 Å². The van der Waals surface area contributed by atoms with Gasteiger partial charge in [0.25, 0.3) is 0 Å². The molecule has 0 radical (unpaired) electrons. The summed E-state index contributed by atoms with van der Waals surface area (Å²) in [5, 5.41) is 1.33. The molecular weight excluding hydrogens is 472 g/mol. The second kappa shape index (κ2) is 9.81. The predicted octanol–water partition coefficient (Wildman–Crippen LogP) is 9.97. The molecule has 1 aromatic heterocycles. The maximum atomic E-state index is 2.45. The van der Waals surface area contributed by atoms with Crippen molar-refractivity contribution in [2.24, 2.45) is 5.92 Å². The molecule has 0 aliphatic heterocycles. The summed E-state index contributed by atoms with van der Waals surface area (Å²) in [6, 6.07) is 47.7. The largest absolute Gasteiger partial charge is 0.313 e. The zero-order valence-corrected chi connectivity index (χ0v) is 22.0. The van der Waals surface area contributed by atoms with Crippen molar-refractivity contribution in [1.82, 2.24) is 4.57 Å². The van der Waals surface area contributed by atoms with Gasteiger partial charge in [-0.05, 0) is 78.1 Å². The third-order valence-electron chi connectivity index (χ3n) is 7.74. The van der Waals surface area contributed by atoms with Crippen LogP contribution in [0, 0.1) is 5.92 Å². The Morgan fingerprint density at radius 2 is 1.13 bits per heavy atom. The van der Waals surface area contributed by atoms with Gasteiger partial charge in [0.15, 0.2) is 0 Å². The standard InChI is InChI=1S/C37H30N2/c1-27-16-25-35-34-14-8-9-15-36(34)39(37(35)26-27)33-23-19-29(20-24-33)28-17-21-32(22-18-28)38(30-10-4-2-5-11-30)31-12-6-3-7-13-31/h2-25,27H,26H2,1H3. The molecule has 0 N–H and O–H groups in total. The molecule has 0 bridgehead atoms. The number of allylic oxidation sites excluding steroid dienone is 1. The molecule has 6 aromatic rings. The topological polar surface area (TPSA) is 8.17 Å². The van der Waals surface area contributed by atoms with Crippen molar-refractivity contribution < 1.29 is 0 Å². The minimum absolute atomic E-state index is 0.546. The van der Waals surface area contributed by atoms with Crippen molar-refractivity contribution in [1.29, 1.82) is 0 Å². The Bertz CT molecular complexity index is 1720. The van der Waals surface area contributed by atoms with Crippen LogP contribution in [0.3, 0.4) is 0 Å². The van der Waals surface area contributed by atoms with E-state index in [1.807, 2.05) is 0 Å². The van der Waals surface area contributed by atoms with Crippen molar-refractivity contribution in [2.75, 3.05) is 4.90 Å². The van der Waals surface area contributed by atoms with E-state index in [9.17, 15) is 0 Å². The zero-order valence-electron chi connectivity index (χ0n) is 22.0. The fourth-order valence-corrected chi connectivity index (χ4v) is 5.84. The Morgan fingerprint density at radius 3 is 1.77 bits per heavy atom. The number of hydrogen-bond donors (Lipinski definition) is 0. The number of anilines is 3. The lowest BCUT2D eigenvalue weighted by Gasteiger charge is -2.25. The Morgan fingerprint density at radius 1 is 0.590 bits per heavy atom. The lowest BCUT2D eigenvalue weighted by molar-refractivity contribution is 0.690. The van der Waals surface area contributed by atoms with E-state index in [-0.39, 0.29) is 0 Å². The minimum Gasteiger partial charge on any atom is -0.313 e. The summed E-state index contributed by atoms with van der Waals surface area (Å²) in [5.41, 5.74) is 11.1. The first kappa shape index (κ1) is 23.3. The van der Waals surface area contributed by atoms with Crippen LogP contribution in [0.2, 0.25) is 0 Å². The highest BCUT2D eigenvalue weighted by Crippen LogP contribution is 2.37. The number of para-hydroxylation sites is 3. The molecule has 1 heterocycles. The lowest BCUT2D eigenvalue weighted by atomic mass is 9.95. The van der Waals surface area contributed by atoms with Crippen molar-refractivity contribution in [2.45, 2.75) is 13.3 Å². The summed E-state index contributed by atoms with van der Waals surface area (Å²) in [4.78, 5) is 2.29. The van der Waals surface area contributed by atoms with E-state index in [1.165, 1.54) is 39.0 Å². The SMILES string of the molecule is CC1C=Cc2c(n(-c3ccc(-c4ccc(N(c5ccccc5)c5ccccc5)cc4)cc3)c3ccccc23)C1. The molecule has 188 valence electrons. The number of benzene rings is 5. The average molecular weight is 503 g/mol. The highest BCUT2D eigenvalue weighted by atomic mass is 15.1. The van der Waals surface area contributed by atoms with E-state index < -0.39 is 0 Å². The maximum Gasteiger partial charge on any atom is 0.0537 e. The summed E-state index contributed by atoms with van der Waals surface area (Å²) in [5.74, 6) is 0.546. The van der Waals surface area contributed by atoms with Crippen molar-refractivity contribution in [3.63, 3.8) is 0 Å². The van der Waals surface area contributed by atoms with Gasteiger partial charge in [-0.15, -0.1) is 0 Å². The van der Waals surface area contributed by atoms with Crippen LogP contribution in [0.15, 0.2) is 140 Å². The zero-order chi connectivity index (χ0) is 26.2. The van der Waals surface area contributed by atoms with Crippen LogP contribution in [0.1, 0.15) is 18.2 Å². The Kier molecular flexibility index (Phi) is 5.86. The quantitative estimate of drug-likeness (QED) is 0.228. The normalized spacial score (nSPS) is 14.3. The number of nitrogens with zero attached hydrogens (tertiary/aromatic N) is 2. The third kappa shape index (κ3) is 4.24. The summed E-state index contributed by atoms with van der Waals surface area (Å²) in [7, 11) is 0. The number of hydrogen-bond acceptors (Lipinski definition) is 1. The molecule has 2 heteroatoms. The van der Waals surface area contributed by atoms with E-state index in [0.29, 0.717) is 5.92 Å². The molecular formula is C37H30N2. The van der Waals surface area contributed by atoms with Crippen LogP contribution in [-0.4, -0.2) is 4.57 Å². The summed E-state index contributed by atoms with van der Waals surface area (Å²) in [6.07, 6.45) is 5.71. The van der Waals surface area contributed by atoms with E-state index in [4.69, 9.17) is 0 Å². The second-order valence-electron chi connectivity index (χ2n) is 10.4. The molecule has 0 fully saturated rings. The molecule has 1 aliphatic carbocycles. The molecule has 7 rings (SSSR count). The van der Waals surface area contributed by atoms with Crippen molar-refractivity contribution >= 4 is 34.0 Å². The first-order chi connectivity index (χ1) is 19.3. The molecule has 1 atom stereocenters.